The molecule has 2 aromatic carbocycles. The lowest BCUT2D eigenvalue weighted by Gasteiger charge is -2.11. The summed E-state index contributed by atoms with van der Waals surface area (Å²) in [6, 6.07) is 18.8. The highest BCUT2D eigenvalue weighted by atomic mass is 35.5. The van der Waals surface area contributed by atoms with E-state index in [1.54, 1.807) is 0 Å². The average Bonchev–Trinajstić information content (AvgIpc) is 3.01. The summed E-state index contributed by atoms with van der Waals surface area (Å²) >= 11 is 5.86. The first-order chi connectivity index (χ1) is 12.4. The predicted octanol–water partition coefficient (Wildman–Crippen LogP) is 5.19. The van der Waals surface area contributed by atoms with Crippen molar-refractivity contribution in [3.05, 3.63) is 72.2 Å². The molecule has 0 fully saturated rings. The maximum atomic E-state index is 5.86. The molecular formula is C21H20ClN3. The van der Waals surface area contributed by atoms with Crippen molar-refractivity contribution in [2.24, 2.45) is 0 Å². The van der Waals surface area contributed by atoms with Crippen molar-refractivity contribution in [3.63, 3.8) is 0 Å². The van der Waals surface area contributed by atoms with Gasteiger partial charge in [-0.1, -0.05) is 48.5 Å². The minimum absolute atomic E-state index is 0.698. The second-order valence-electron chi connectivity index (χ2n) is 6.26. The fraction of sp³-hybridized carbons (Fsp3) is 0.238. The van der Waals surface area contributed by atoms with Gasteiger partial charge in [0.25, 0.3) is 0 Å². The Balaban J connectivity index is 1.87. The number of pyridine rings is 1. The van der Waals surface area contributed by atoms with Crippen LogP contribution in [0.2, 0.25) is 0 Å². The highest BCUT2D eigenvalue weighted by Gasteiger charge is 2.14. The van der Waals surface area contributed by atoms with Crippen LogP contribution in [-0.4, -0.2) is 20.4 Å². The molecule has 0 aliphatic heterocycles. The molecule has 2 heterocycles. The molecule has 2 aromatic heterocycles. The third-order valence-electron chi connectivity index (χ3n) is 4.53. The molecule has 0 aliphatic carbocycles. The fourth-order valence-corrected chi connectivity index (χ4v) is 3.50. The van der Waals surface area contributed by atoms with Crippen molar-refractivity contribution < 1.29 is 0 Å². The molecule has 0 spiro atoms. The van der Waals surface area contributed by atoms with Crippen LogP contribution in [0.1, 0.15) is 24.2 Å². The number of aromatic nitrogens is 3. The predicted molar refractivity (Wildman–Crippen MR) is 104 cm³/mol. The smallest absolute Gasteiger partial charge is 0.110 e. The molecule has 3 nitrogen and oxygen atoms in total. The van der Waals surface area contributed by atoms with E-state index in [1.807, 2.05) is 12.3 Å². The SMILES string of the molecule is ClCCCCc1nc2cnc3ccccc3c2n1Cc1ccccc1. The zero-order valence-electron chi connectivity index (χ0n) is 14.0. The number of unbranched alkanes of at least 4 members (excludes halogenated alkanes) is 1. The number of hydrogen-bond acceptors (Lipinski definition) is 2. The van der Waals surface area contributed by atoms with Crippen molar-refractivity contribution in [1.82, 2.24) is 14.5 Å². The maximum Gasteiger partial charge on any atom is 0.110 e. The van der Waals surface area contributed by atoms with Gasteiger partial charge in [0.05, 0.1) is 17.2 Å². The normalized spacial score (nSPS) is 11.4. The van der Waals surface area contributed by atoms with Crippen molar-refractivity contribution in [2.45, 2.75) is 25.8 Å². The summed E-state index contributed by atoms with van der Waals surface area (Å²) in [7, 11) is 0. The fourth-order valence-electron chi connectivity index (χ4n) is 3.31. The van der Waals surface area contributed by atoms with E-state index < -0.39 is 0 Å². The van der Waals surface area contributed by atoms with Crippen LogP contribution in [0.4, 0.5) is 0 Å². The van der Waals surface area contributed by atoms with Crippen molar-refractivity contribution >= 4 is 33.5 Å². The Morgan fingerprint density at radius 3 is 2.52 bits per heavy atom. The van der Waals surface area contributed by atoms with Crippen LogP contribution in [0.3, 0.4) is 0 Å². The van der Waals surface area contributed by atoms with E-state index in [1.165, 1.54) is 11.1 Å². The van der Waals surface area contributed by atoms with E-state index in [0.29, 0.717) is 5.88 Å². The first-order valence-electron chi connectivity index (χ1n) is 8.69. The molecule has 0 unspecified atom stereocenters. The Kier molecular flexibility index (Phi) is 4.66. The molecule has 0 saturated heterocycles. The molecule has 0 radical (unpaired) electrons. The Morgan fingerprint density at radius 2 is 1.68 bits per heavy atom. The van der Waals surface area contributed by atoms with Crippen LogP contribution in [0.25, 0.3) is 21.9 Å². The number of nitrogens with zero attached hydrogens (tertiary/aromatic N) is 3. The van der Waals surface area contributed by atoms with E-state index >= 15 is 0 Å². The van der Waals surface area contributed by atoms with Gasteiger partial charge in [-0.05, 0) is 24.5 Å². The number of para-hydroxylation sites is 1. The number of alkyl halides is 1. The number of hydrogen-bond donors (Lipinski definition) is 0. The standard InChI is InChI=1S/C21H20ClN3/c22-13-7-6-12-20-24-19-14-23-18-11-5-4-10-17(18)21(19)25(20)15-16-8-2-1-3-9-16/h1-5,8-11,14H,6-7,12-13,15H2. The van der Waals surface area contributed by atoms with Crippen LogP contribution < -0.4 is 0 Å². The van der Waals surface area contributed by atoms with Gasteiger partial charge in [0, 0.05) is 24.2 Å². The zero-order chi connectivity index (χ0) is 17.1. The lowest BCUT2D eigenvalue weighted by molar-refractivity contribution is 0.692. The van der Waals surface area contributed by atoms with Gasteiger partial charge in [-0.2, -0.15) is 0 Å². The third-order valence-corrected chi connectivity index (χ3v) is 4.79. The number of rotatable bonds is 6. The van der Waals surface area contributed by atoms with Crippen LogP contribution >= 0.6 is 11.6 Å². The molecule has 0 N–H and O–H groups in total. The number of aryl methyl sites for hydroxylation is 1. The lowest BCUT2D eigenvalue weighted by atomic mass is 10.1. The Bertz CT molecular complexity index is 992. The number of halogens is 1. The van der Waals surface area contributed by atoms with Crippen molar-refractivity contribution in [1.29, 1.82) is 0 Å². The van der Waals surface area contributed by atoms with Gasteiger partial charge >= 0.3 is 0 Å². The zero-order valence-corrected chi connectivity index (χ0v) is 14.8. The van der Waals surface area contributed by atoms with Gasteiger partial charge in [0.1, 0.15) is 11.3 Å². The molecule has 126 valence electrons. The van der Waals surface area contributed by atoms with E-state index in [0.717, 1.165) is 48.1 Å². The molecule has 25 heavy (non-hydrogen) atoms. The van der Waals surface area contributed by atoms with E-state index in [9.17, 15) is 0 Å². The number of imidazole rings is 1. The van der Waals surface area contributed by atoms with Crippen LogP contribution in [0, 0.1) is 0 Å². The second kappa shape index (κ2) is 7.24. The van der Waals surface area contributed by atoms with Gasteiger partial charge in [-0.15, -0.1) is 11.6 Å². The molecule has 4 rings (SSSR count). The van der Waals surface area contributed by atoms with Crippen LogP contribution in [0.5, 0.6) is 0 Å². The van der Waals surface area contributed by atoms with Gasteiger partial charge in [0.15, 0.2) is 0 Å². The molecule has 0 atom stereocenters. The highest BCUT2D eigenvalue weighted by Crippen LogP contribution is 2.26. The van der Waals surface area contributed by atoms with E-state index in [-0.39, 0.29) is 0 Å². The van der Waals surface area contributed by atoms with Gasteiger partial charge in [-0.25, -0.2) is 4.98 Å². The average molecular weight is 350 g/mol. The monoisotopic (exact) mass is 349 g/mol. The summed E-state index contributed by atoms with van der Waals surface area (Å²) in [6.45, 7) is 0.821. The Morgan fingerprint density at radius 1 is 0.880 bits per heavy atom. The summed E-state index contributed by atoms with van der Waals surface area (Å²) < 4.78 is 2.35. The summed E-state index contributed by atoms with van der Waals surface area (Å²) in [6.07, 6.45) is 4.88. The lowest BCUT2D eigenvalue weighted by Crippen LogP contribution is -2.06. The quantitative estimate of drug-likeness (QED) is 0.354. The van der Waals surface area contributed by atoms with Gasteiger partial charge < -0.3 is 4.57 Å². The maximum absolute atomic E-state index is 5.86. The molecule has 4 aromatic rings. The third kappa shape index (κ3) is 3.24. The minimum Gasteiger partial charge on any atom is -0.323 e. The summed E-state index contributed by atoms with van der Waals surface area (Å²) in [5.74, 6) is 1.81. The number of fused-ring (bicyclic) bond motifs is 3. The molecule has 4 heteroatoms. The molecule has 0 aliphatic rings. The van der Waals surface area contributed by atoms with E-state index in [2.05, 4.69) is 58.1 Å². The van der Waals surface area contributed by atoms with Gasteiger partial charge in [0.2, 0.25) is 0 Å². The largest absolute Gasteiger partial charge is 0.323 e. The van der Waals surface area contributed by atoms with E-state index in [4.69, 9.17) is 16.6 Å². The minimum atomic E-state index is 0.698. The first-order valence-corrected chi connectivity index (χ1v) is 9.23. The molecule has 0 saturated carbocycles. The number of benzene rings is 2. The van der Waals surface area contributed by atoms with Crippen LogP contribution in [0.15, 0.2) is 60.8 Å². The molecule has 0 bridgehead atoms. The van der Waals surface area contributed by atoms with Crippen molar-refractivity contribution in [2.75, 3.05) is 5.88 Å². The van der Waals surface area contributed by atoms with Gasteiger partial charge in [-0.3, -0.25) is 4.98 Å². The first kappa shape index (κ1) is 16.1. The second-order valence-corrected chi connectivity index (χ2v) is 6.63. The highest BCUT2D eigenvalue weighted by molar-refractivity contribution is 6.17. The van der Waals surface area contributed by atoms with Crippen LogP contribution in [-0.2, 0) is 13.0 Å². The summed E-state index contributed by atoms with van der Waals surface area (Å²) in [5, 5.41) is 1.16. The topological polar surface area (TPSA) is 30.7 Å². The Labute approximate surface area is 152 Å². The summed E-state index contributed by atoms with van der Waals surface area (Å²) in [5.41, 5.74) is 4.43. The Hall–Kier alpha value is -2.39. The molecule has 0 amide bonds. The van der Waals surface area contributed by atoms with Crippen molar-refractivity contribution in [3.8, 4) is 0 Å². The molecular weight excluding hydrogens is 330 g/mol. The summed E-state index contributed by atoms with van der Waals surface area (Å²) in [4.78, 5) is 9.46.